The summed E-state index contributed by atoms with van der Waals surface area (Å²) in [5.41, 5.74) is 0. The lowest BCUT2D eigenvalue weighted by Crippen LogP contribution is -2.10. The standard InChI is InChI=1S/C20H34O4/c1-2-3-4-5-6-7-8-11-16-23-19(21)14-15-20(22)24-17-18-12-9-10-13-18/h14-15,18H,2-13,16-17H2,1H3/b15-14+. The van der Waals surface area contributed by atoms with E-state index in [1.165, 1.54) is 63.5 Å². The lowest BCUT2D eigenvalue weighted by atomic mass is 10.1. The van der Waals surface area contributed by atoms with Crippen LogP contribution in [0.3, 0.4) is 0 Å². The highest BCUT2D eigenvalue weighted by Crippen LogP contribution is 2.24. The molecule has 4 nitrogen and oxygen atoms in total. The van der Waals surface area contributed by atoms with Gasteiger partial charge in [-0.15, -0.1) is 0 Å². The molecule has 0 radical (unpaired) electrons. The molecule has 0 bridgehead atoms. The van der Waals surface area contributed by atoms with Crippen molar-refractivity contribution in [2.75, 3.05) is 13.2 Å². The average molecular weight is 338 g/mol. The Morgan fingerprint density at radius 2 is 1.38 bits per heavy atom. The fourth-order valence-corrected chi connectivity index (χ4v) is 3.02. The van der Waals surface area contributed by atoms with Crippen molar-refractivity contribution in [2.45, 2.75) is 84.0 Å². The minimum absolute atomic E-state index is 0.426. The first-order valence-electron chi connectivity index (χ1n) is 9.74. The monoisotopic (exact) mass is 338 g/mol. The molecule has 0 N–H and O–H groups in total. The van der Waals surface area contributed by atoms with Crippen LogP contribution < -0.4 is 0 Å². The summed E-state index contributed by atoms with van der Waals surface area (Å²) in [5.74, 6) is -0.419. The van der Waals surface area contributed by atoms with E-state index in [9.17, 15) is 9.59 Å². The maximum absolute atomic E-state index is 11.5. The zero-order valence-electron chi connectivity index (χ0n) is 15.3. The second kappa shape index (κ2) is 14.1. The molecule has 4 heteroatoms. The summed E-state index contributed by atoms with van der Waals surface area (Å²) >= 11 is 0. The van der Waals surface area contributed by atoms with Crippen molar-refractivity contribution in [3.05, 3.63) is 12.2 Å². The molecule has 0 aromatic heterocycles. The van der Waals surface area contributed by atoms with Crippen molar-refractivity contribution in [1.29, 1.82) is 0 Å². The maximum Gasteiger partial charge on any atom is 0.331 e. The zero-order chi connectivity index (χ0) is 17.5. The van der Waals surface area contributed by atoms with Gasteiger partial charge in [0, 0.05) is 12.2 Å². The average Bonchev–Trinajstić information content (AvgIpc) is 3.10. The first-order valence-corrected chi connectivity index (χ1v) is 9.74. The molecular formula is C20H34O4. The molecule has 1 aliphatic carbocycles. The second-order valence-electron chi connectivity index (χ2n) is 6.76. The number of ether oxygens (including phenoxy) is 2. The van der Waals surface area contributed by atoms with Crippen molar-refractivity contribution in [2.24, 2.45) is 5.92 Å². The van der Waals surface area contributed by atoms with Gasteiger partial charge in [-0.25, -0.2) is 9.59 Å². The third kappa shape index (κ3) is 11.3. The third-order valence-corrected chi connectivity index (χ3v) is 4.53. The molecule has 0 aliphatic heterocycles. The first-order chi connectivity index (χ1) is 11.7. The molecule has 0 saturated heterocycles. The Hall–Kier alpha value is -1.32. The van der Waals surface area contributed by atoms with E-state index in [0.29, 0.717) is 19.1 Å². The number of unbranched alkanes of at least 4 members (excludes halogenated alkanes) is 7. The molecule has 0 amide bonds. The highest BCUT2D eigenvalue weighted by Gasteiger charge is 2.16. The molecule has 1 fully saturated rings. The number of carbonyl (C=O) groups is 2. The van der Waals surface area contributed by atoms with Crippen molar-refractivity contribution in [3.63, 3.8) is 0 Å². The van der Waals surface area contributed by atoms with Crippen LogP contribution in [0.5, 0.6) is 0 Å². The van der Waals surface area contributed by atoms with Gasteiger partial charge in [-0.05, 0) is 25.2 Å². The lowest BCUT2D eigenvalue weighted by molar-refractivity contribution is -0.141. The van der Waals surface area contributed by atoms with Crippen LogP contribution in [0.4, 0.5) is 0 Å². The molecule has 1 aliphatic rings. The first kappa shape index (κ1) is 20.7. The van der Waals surface area contributed by atoms with Gasteiger partial charge in [-0.3, -0.25) is 0 Å². The topological polar surface area (TPSA) is 52.6 Å². The van der Waals surface area contributed by atoms with E-state index >= 15 is 0 Å². The predicted molar refractivity (Wildman–Crippen MR) is 95.6 cm³/mol. The smallest absolute Gasteiger partial charge is 0.331 e. The van der Waals surface area contributed by atoms with Crippen LogP contribution >= 0.6 is 0 Å². The van der Waals surface area contributed by atoms with E-state index in [4.69, 9.17) is 9.47 Å². The quantitative estimate of drug-likeness (QED) is 0.270. The van der Waals surface area contributed by atoms with Crippen molar-refractivity contribution in [1.82, 2.24) is 0 Å². The Labute approximate surface area is 147 Å². The number of esters is 2. The maximum atomic E-state index is 11.5. The van der Waals surface area contributed by atoms with Crippen molar-refractivity contribution < 1.29 is 19.1 Å². The summed E-state index contributed by atoms with van der Waals surface area (Å²) in [6.45, 7) is 3.11. The molecule has 0 aromatic rings. The summed E-state index contributed by atoms with van der Waals surface area (Å²) < 4.78 is 10.2. The summed E-state index contributed by atoms with van der Waals surface area (Å²) in [5, 5.41) is 0. The van der Waals surface area contributed by atoms with Crippen LogP contribution in [-0.4, -0.2) is 25.2 Å². The Morgan fingerprint density at radius 1 is 0.833 bits per heavy atom. The highest BCUT2D eigenvalue weighted by molar-refractivity contribution is 5.91. The normalized spacial score (nSPS) is 15.0. The van der Waals surface area contributed by atoms with E-state index < -0.39 is 11.9 Å². The number of hydrogen-bond donors (Lipinski definition) is 0. The highest BCUT2D eigenvalue weighted by atomic mass is 16.5. The molecule has 0 unspecified atom stereocenters. The minimum Gasteiger partial charge on any atom is -0.463 e. The minimum atomic E-state index is -0.462. The van der Waals surface area contributed by atoms with Crippen LogP contribution in [0.15, 0.2) is 12.2 Å². The predicted octanol–water partition coefficient (Wildman–Crippen LogP) is 4.96. The molecule has 0 spiro atoms. The largest absolute Gasteiger partial charge is 0.463 e. The molecule has 0 aromatic carbocycles. The molecule has 138 valence electrons. The van der Waals surface area contributed by atoms with Crippen LogP contribution in [0.25, 0.3) is 0 Å². The van der Waals surface area contributed by atoms with E-state index in [-0.39, 0.29) is 0 Å². The van der Waals surface area contributed by atoms with Gasteiger partial charge in [0.1, 0.15) is 0 Å². The van der Waals surface area contributed by atoms with Crippen molar-refractivity contribution >= 4 is 11.9 Å². The number of rotatable bonds is 13. The fourth-order valence-electron chi connectivity index (χ4n) is 3.02. The van der Waals surface area contributed by atoms with Gasteiger partial charge in [0.2, 0.25) is 0 Å². The van der Waals surface area contributed by atoms with Gasteiger partial charge in [0.05, 0.1) is 13.2 Å². The third-order valence-electron chi connectivity index (χ3n) is 4.53. The van der Waals surface area contributed by atoms with Crippen LogP contribution in [0, 0.1) is 5.92 Å². The summed E-state index contributed by atoms with van der Waals surface area (Å²) in [4.78, 5) is 23.0. The molecular weight excluding hydrogens is 304 g/mol. The van der Waals surface area contributed by atoms with Gasteiger partial charge < -0.3 is 9.47 Å². The number of hydrogen-bond acceptors (Lipinski definition) is 4. The molecule has 24 heavy (non-hydrogen) atoms. The van der Waals surface area contributed by atoms with Gasteiger partial charge in [0.15, 0.2) is 0 Å². The fraction of sp³-hybridized carbons (Fsp3) is 0.800. The summed E-state index contributed by atoms with van der Waals surface area (Å²) in [6, 6.07) is 0. The molecule has 1 saturated carbocycles. The zero-order valence-corrected chi connectivity index (χ0v) is 15.3. The van der Waals surface area contributed by atoms with E-state index in [1.54, 1.807) is 0 Å². The SMILES string of the molecule is CCCCCCCCCCOC(=O)/C=C/C(=O)OCC1CCCC1. The summed E-state index contributed by atoms with van der Waals surface area (Å²) in [6.07, 6.45) is 16.7. The van der Waals surface area contributed by atoms with Crippen LogP contribution in [-0.2, 0) is 19.1 Å². The Kier molecular flexibility index (Phi) is 12.1. The Bertz CT molecular complexity index is 370. The lowest BCUT2D eigenvalue weighted by Gasteiger charge is -2.07. The molecule has 0 atom stereocenters. The van der Waals surface area contributed by atoms with Gasteiger partial charge in [0.25, 0.3) is 0 Å². The Balaban J connectivity index is 1.93. The Morgan fingerprint density at radius 3 is 2.00 bits per heavy atom. The molecule has 0 heterocycles. The van der Waals surface area contributed by atoms with Gasteiger partial charge >= 0.3 is 11.9 Å². The van der Waals surface area contributed by atoms with Crippen molar-refractivity contribution in [3.8, 4) is 0 Å². The van der Waals surface area contributed by atoms with E-state index in [0.717, 1.165) is 25.7 Å². The summed E-state index contributed by atoms with van der Waals surface area (Å²) in [7, 11) is 0. The van der Waals surface area contributed by atoms with Gasteiger partial charge in [-0.2, -0.15) is 0 Å². The van der Waals surface area contributed by atoms with E-state index in [2.05, 4.69) is 6.92 Å². The number of carbonyl (C=O) groups excluding carboxylic acids is 2. The second-order valence-corrected chi connectivity index (χ2v) is 6.76. The van der Waals surface area contributed by atoms with Gasteiger partial charge in [-0.1, -0.05) is 64.7 Å². The van der Waals surface area contributed by atoms with E-state index in [1.807, 2.05) is 0 Å². The van der Waals surface area contributed by atoms with Crippen LogP contribution in [0.1, 0.15) is 84.0 Å². The molecule has 1 rings (SSSR count). The van der Waals surface area contributed by atoms with Crippen LogP contribution in [0.2, 0.25) is 0 Å².